The summed E-state index contributed by atoms with van der Waals surface area (Å²) >= 11 is 0. The topological polar surface area (TPSA) is 23.5 Å². The second-order valence-corrected chi connectivity index (χ2v) is 6.65. The van der Waals surface area contributed by atoms with Crippen molar-refractivity contribution in [2.24, 2.45) is 0 Å². The van der Waals surface area contributed by atoms with E-state index in [4.69, 9.17) is 0 Å². The van der Waals surface area contributed by atoms with Crippen LogP contribution in [0.3, 0.4) is 0 Å². The lowest BCUT2D eigenvalue weighted by Gasteiger charge is -2.36. The van der Waals surface area contributed by atoms with Crippen molar-refractivity contribution >= 4 is 11.4 Å². The van der Waals surface area contributed by atoms with Gasteiger partial charge in [0.15, 0.2) is 0 Å². The minimum Gasteiger partial charge on any atom is -0.508 e. The molecule has 0 amide bonds. The zero-order chi connectivity index (χ0) is 16.8. The van der Waals surface area contributed by atoms with Gasteiger partial charge in [-0.05, 0) is 48.2 Å². The number of phenols is 1. The molecule has 3 aromatic rings. The highest BCUT2D eigenvalue weighted by atomic mass is 16.3. The van der Waals surface area contributed by atoms with Gasteiger partial charge >= 0.3 is 0 Å². The van der Waals surface area contributed by atoms with Gasteiger partial charge in [-0.2, -0.15) is 0 Å². The fraction of sp³-hybridized carbons (Fsp3) is 0.182. The number of nitrogens with zero attached hydrogens (tertiary/aromatic N) is 1. The number of fused-ring (bicyclic) bond motifs is 2. The van der Waals surface area contributed by atoms with E-state index in [0.29, 0.717) is 5.75 Å². The number of hydrogen-bond donors (Lipinski definition) is 1. The van der Waals surface area contributed by atoms with Gasteiger partial charge in [0.1, 0.15) is 5.75 Å². The van der Waals surface area contributed by atoms with Crippen molar-refractivity contribution in [2.75, 3.05) is 11.9 Å². The first kappa shape index (κ1) is 14.8. The molecule has 120 valence electrons. The van der Waals surface area contributed by atoms with Gasteiger partial charge in [0.25, 0.3) is 0 Å². The lowest BCUT2D eigenvalue weighted by molar-refractivity contribution is 0.475. The summed E-state index contributed by atoms with van der Waals surface area (Å²) in [5, 5.41) is 9.98. The highest BCUT2D eigenvalue weighted by Gasteiger charge is 2.30. The molecule has 0 bridgehead atoms. The van der Waals surface area contributed by atoms with Crippen LogP contribution in [0.5, 0.6) is 5.75 Å². The normalized spacial score (nSPS) is 15.8. The summed E-state index contributed by atoms with van der Waals surface area (Å²) < 4.78 is 0. The van der Waals surface area contributed by atoms with E-state index in [0.717, 1.165) is 5.69 Å². The molecular weight excluding hydrogens is 294 g/mol. The number of hydrogen-bond acceptors (Lipinski definition) is 2. The average molecular weight is 315 g/mol. The molecule has 0 aromatic heterocycles. The van der Waals surface area contributed by atoms with Crippen LogP contribution in [0.4, 0.5) is 11.4 Å². The SMILES string of the molecule is Cc1ccc(C2c3ccccc3N(C)c3cc(O)ccc32)c(C)c1. The highest BCUT2D eigenvalue weighted by Crippen LogP contribution is 2.48. The Morgan fingerprint density at radius 2 is 1.50 bits per heavy atom. The molecule has 24 heavy (non-hydrogen) atoms. The summed E-state index contributed by atoms with van der Waals surface area (Å²) in [5.41, 5.74) is 8.72. The van der Waals surface area contributed by atoms with Gasteiger partial charge in [-0.1, -0.05) is 48.0 Å². The fourth-order valence-electron chi connectivity index (χ4n) is 3.89. The van der Waals surface area contributed by atoms with Crippen LogP contribution in [-0.4, -0.2) is 12.2 Å². The molecule has 0 radical (unpaired) electrons. The van der Waals surface area contributed by atoms with E-state index in [1.54, 1.807) is 6.07 Å². The maximum atomic E-state index is 9.98. The molecule has 0 aliphatic carbocycles. The molecule has 2 heteroatoms. The van der Waals surface area contributed by atoms with Gasteiger partial charge in [-0.3, -0.25) is 0 Å². The Hall–Kier alpha value is -2.74. The third-order valence-electron chi connectivity index (χ3n) is 5.03. The molecule has 1 N–H and O–H groups in total. The summed E-state index contributed by atoms with van der Waals surface area (Å²) in [4.78, 5) is 2.17. The Kier molecular flexibility index (Phi) is 3.34. The lowest BCUT2D eigenvalue weighted by Crippen LogP contribution is -2.22. The quantitative estimate of drug-likeness (QED) is 0.661. The van der Waals surface area contributed by atoms with E-state index in [2.05, 4.69) is 74.3 Å². The smallest absolute Gasteiger partial charge is 0.117 e. The molecule has 1 aliphatic rings. The van der Waals surface area contributed by atoms with Crippen molar-refractivity contribution < 1.29 is 5.11 Å². The Bertz CT molecular complexity index is 929. The number of anilines is 2. The first-order chi connectivity index (χ1) is 11.6. The van der Waals surface area contributed by atoms with Crippen molar-refractivity contribution in [3.8, 4) is 5.75 Å². The zero-order valence-electron chi connectivity index (χ0n) is 14.2. The van der Waals surface area contributed by atoms with Crippen LogP contribution >= 0.6 is 0 Å². The second-order valence-electron chi connectivity index (χ2n) is 6.65. The molecule has 1 atom stereocenters. The maximum absolute atomic E-state index is 9.98. The minimum absolute atomic E-state index is 0.189. The molecule has 1 heterocycles. The van der Waals surface area contributed by atoms with E-state index in [9.17, 15) is 5.11 Å². The third-order valence-corrected chi connectivity index (χ3v) is 5.03. The number of benzene rings is 3. The number of aromatic hydroxyl groups is 1. The van der Waals surface area contributed by atoms with Gasteiger partial charge in [-0.15, -0.1) is 0 Å². The van der Waals surface area contributed by atoms with Crippen molar-refractivity contribution in [1.82, 2.24) is 0 Å². The van der Waals surface area contributed by atoms with Crippen molar-refractivity contribution in [3.05, 3.63) is 88.5 Å². The van der Waals surface area contributed by atoms with Crippen LogP contribution in [0.1, 0.15) is 33.7 Å². The average Bonchev–Trinajstić information content (AvgIpc) is 2.57. The molecular formula is C22H21NO. The van der Waals surface area contributed by atoms with Gasteiger partial charge in [-0.25, -0.2) is 0 Å². The fourth-order valence-corrected chi connectivity index (χ4v) is 3.89. The molecule has 4 rings (SSSR count). The molecule has 3 aromatic carbocycles. The number of phenolic OH excluding ortho intramolecular Hbond substituents is 1. The highest BCUT2D eigenvalue weighted by molar-refractivity contribution is 5.78. The number of rotatable bonds is 1. The number of aryl methyl sites for hydroxylation is 2. The van der Waals surface area contributed by atoms with Gasteiger partial charge < -0.3 is 10.0 Å². The van der Waals surface area contributed by atoms with E-state index < -0.39 is 0 Å². The van der Waals surface area contributed by atoms with Crippen molar-refractivity contribution in [3.63, 3.8) is 0 Å². The predicted molar refractivity (Wildman–Crippen MR) is 99.5 cm³/mol. The van der Waals surface area contributed by atoms with Gasteiger partial charge in [0.2, 0.25) is 0 Å². The minimum atomic E-state index is 0.189. The van der Waals surface area contributed by atoms with Crippen molar-refractivity contribution in [2.45, 2.75) is 19.8 Å². The van der Waals surface area contributed by atoms with E-state index in [1.807, 2.05) is 6.07 Å². The van der Waals surface area contributed by atoms with Crippen LogP contribution in [0, 0.1) is 13.8 Å². The lowest BCUT2D eigenvalue weighted by atomic mass is 9.78. The molecule has 1 aliphatic heterocycles. The standard InChI is InChI=1S/C22H21NO/c1-14-8-10-17(15(2)12-14)22-18-6-4-5-7-20(18)23(3)21-13-16(24)9-11-19(21)22/h4-13,22,24H,1-3H3. The third kappa shape index (κ3) is 2.18. The summed E-state index contributed by atoms with van der Waals surface area (Å²) in [5.74, 6) is 0.493. The molecule has 0 saturated carbocycles. The summed E-state index contributed by atoms with van der Waals surface area (Å²) in [6, 6.07) is 20.9. The van der Waals surface area contributed by atoms with Crippen LogP contribution in [-0.2, 0) is 0 Å². The van der Waals surface area contributed by atoms with E-state index in [1.165, 1.54) is 33.5 Å². The van der Waals surface area contributed by atoms with E-state index in [-0.39, 0.29) is 5.92 Å². The second kappa shape index (κ2) is 5.41. The van der Waals surface area contributed by atoms with Crippen LogP contribution in [0.2, 0.25) is 0 Å². The summed E-state index contributed by atoms with van der Waals surface area (Å²) in [7, 11) is 2.06. The predicted octanol–water partition coefficient (Wildman–Crippen LogP) is 5.27. The van der Waals surface area contributed by atoms with Crippen LogP contribution in [0.15, 0.2) is 60.7 Å². The summed E-state index contributed by atoms with van der Waals surface area (Å²) in [6.07, 6.45) is 0. The number of para-hydroxylation sites is 1. The summed E-state index contributed by atoms with van der Waals surface area (Å²) in [6.45, 7) is 4.31. The Balaban J connectivity index is 2.02. The molecule has 0 fully saturated rings. The van der Waals surface area contributed by atoms with E-state index >= 15 is 0 Å². The first-order valence-corrected chi connectivity index (χ1v) is 8.29. The Labute approximate surface area is 143 Å². The van der Waals surface area contributed by atoms with Crippen molar-refractivity contribution in [1.29, 1.82) is 0 Å². The van der Waals surface area contributed by atoms with Gasteiger partial charge in [0.05, 0.1) is 0 Å². The first-order valence-electron chi connectivity index (χ1n) is 8.29. The zero-order valence-corrected chi connectivity index (χ0v) is 14.2. The monoisotopic (exact) mass is 315 g/mol. The van der Waals surface area contributed by atoms with Crippen LogP contribution < -0.4 is 4.90 Å². The molecule has 0 saturated heterocycles. The maximum Gasteiger partial charge on any atom is 0.117 e. The Morgan fingerprint density at radius 1 is 0.792 bits per heavy atom. The largest absolute Gasteiger partial charge is 0.508 e. The van der Waals surface area contributed by atoms with Crippen LogP contribution in [0.25, 0.3) is 0 Å². The van der Waals surface area contributed by atoms with Gasteiger partial charge in [0, 0.05) is 30.4 Å². The molecule has 1 unspecified atom stereocenters. The molecule has 2 nitrogen and oxygen atoms in total. The molecule has 0 spiro atoms. The Morgan fingerprint density at radius 3 is 2.29 bits per heavy atom.